The van der Waals surface area contributed by atoms with Crippen molar-refractivity contribution in [3.63, 3.8) is 0 Å². The molecule has 3 N–H and O–H groups in total. The molecule has 1 aliphatic rings. The summed E-state index contributed by atoms with van der Waals surface area (Å²) >= 11 is 8.03. The van der Waals surface area contributed by atoms with Crippen molar-refractivity contribution in [2.75, 3.05) is 11.9 Å². The molecule has 4 nitrogen and oxygen atoms in total. The summed E-state index contributed by atoms with van der Waals surface area (Å²) < 4.78 is 0.203. The summed E-state index contributed by atoms with van der Waals surface area (Å²) in [4.78, 5) is 16.5. The van der Waals surface area contributed by atoms with E-state index in [0.717, 1.165) is 19.4 Å². The van der Waals surface area contributed by atoms with Gasteiger partial charge in [-0.3, -0.25) is 4.79 Å². The average molecular weight is 334 g/mol. The van der Waals surface area contributed by atoms with E-state index in [4.69, 9.17) is 17.3 Å². The number of nitrogens with two attached hydrogens (primary N) is 1. The van der Waals surface area contributed by atoms with Gasteiger partial charge in [0, 0.05) is 22.4 Å². The monoisotopic (exact) mass is 333 g/mol. The third-order valence-electron chi connectivity index (χ3n) is 3.59. The Morgan fingerprint density at radius 1 is 1.36 bits per heavy atom. The largest absolute Gasteiger partial charge is 0.367 e. The Labute approximate surface area is 138 Å². The molecule has 0 radical (unpaired) electrons. The molecule has 0 bridgehead atoms. The zero-order chi connectivity index (χ0) is 15.6. The van der Waals surface area contributed by atoms with Gasteiger partial charge in [-0.05, 0) is 31.0 Å². The number of hydrogen-bond donors (Lipinski definition) is 2. The number of benzene rings is 1. The maximum atomic E-state index is 11.1. The van der Waals surface area contributed by atoms with Gasteiger partial charge in [-0.25, -0.2) is 4.98 Å². The number of rotatable bonds is 6. The fraction of sp³-hybridized carbons (Fsp3) is 0.250. The van der Waals surface area contributed by atoms with E-state index in [1.807, 2.05) is 30.0 Å². The maximum Gasteiger partial charge on any atom is 0.250 e. The molecule has 1 aromatic carbocycles. The predicted molar refractivity (Wildman–Crippen MR) is 90.5 cm³/mol. The van der Waals surface area contributed by atoms with Gasteiger partial charge >= 0.3 is 0 Å². The second-order valence-electron chi connectivity index (χ2n) is 5.37. The third-order valence-corrected chi connectivity index (χ3v) is 5.37. The normalized spacial score (nSPS) is 15.3. The first-order chi connectivity index (χ1) is 10.6. The van der Waals surface area contributed by atoms with Crippen LogP contribution in [0.2, 0.25) is 5.02 Å². The highest BCUT2D eigenvalue weighted by Gasteiger charge is 2.43. The van der Waals surface area contributed by atoms with E-state index in [1.54, 1.807) is 6.07 Å². The van der Waals surface area contributed by atoms with Crippen LogP contribution in [0, 0.1) is 0 Å². The van der Waals surface area contributed by atoms with Gasteiger partial charge < -0.3 is 11.1 Å². The minimum atomic E-state index is -0.528. The van der Waals surface area contributed by atoms with Crippen molar-refractivity contribution in [3.8, 4) is 0 Å². The van der Waals surface area contributed by atoms with E-state index >= 15 is 0 Å². The van der Waals surface area contributed by atoms with E-state index in [2.05, 4.69) is 22.4 Å². The number of carbonyl (C=O) groups excluding carboxylic acids is 1. The Bertz CT molecular complexity index is 689. The van der Waals surface area contributed by atoms with E-state index < -0.39 is 5.91 Å². The SMILES string of the molecule is NC(=O)c1cnc(NCC2(Sc3ccccc3)CC2)c(Cl)c1. The number of aromatic nitrogens is 1. The van der Waals surface area contributed by atoms with Crippen LogP contribution in [0.5, 0.6) is 0 Å². The minimum Gasteiger partial charge on any atom is -0.367 e. The van der Waals surface area contributed by atoms with Crippen molar-refractivity contribution < 1.29 is 4.79 Å². The van der Waals surface area contributed by atoms with Crippen molar-refractivity contribution in [3.05, 3.63) is 53.2 Å². The Balaban J connectivity index is 1.64. The van der Waals surface area contributed by atoms with Gasteiger partial charge in [0.15, 0.2) is 0 Å². The molecule has 2 aromatic rings. The number of primary amides is 1. The molecule has 114 valence electrons. The lowest BCUT2D eigenvalue weighted by Gasteiger charge is -2.16. The predicted octanol–water partition coefficient (Wildman–Crippen LogP) is 3.57. The molecule has 0 spiro atoms. The number of thioether (sulfide) groups is 1. The first-order valence-corrected chi connectivity index (χ1v) is 8.21. The zero-order valence-electron chi connectivity index (χ0n) is 11.9. The van der Waals surface area contributed by atoms with Gasteiger partial charge in [-0.1, -0.05) is 29.8 Å². The quantitative estimate of drug-likeness (QED) is 0.848. The summed E-state index contributed by atoms with van der Waals surface area (Å²) in [7, 11) is 0. The van der Waals surface area contributed by atoms with Crippen molar-refractivity contribution in [2.24, 2.45) is 5.73 Å². The molecule has 1 aromatic heterocycles. The van der Waals surface area contributed by atoms with Crippen LogP contribution in [0.25, 0.3) is 0 Å². The van der Waals surface area contributed by atoms with Crippen LogP contribution in [-0.4, -0.2) is 22.2 Å². The van der Waals surface area contributed by atoms with Crippen molar-refractivity contribution in [2.45, 2.75) is 22.5 Å². The number of pyridine rings is 1. The van der Waals surface area contributed by atoms with Crippen LogP contribution < -0.4 is 11.1 Å². The average Bonchev–Trinajstić information content (AvgIpc) is 3.27. The van der Waals surface area contributed by atoms with Gasteiger partial charge in [0.1, 0.15) is 5.82 Å². The molecule has 0 saturated heterocycles. The number of halogens is 1. The minimum absolute atomic E-state index is 0.203. The molecule has 3 rings (SSSR count). The van der Waals surface area contributed by atoms with E-state index in [0.29, 0.717) is 16.4 Å². The molecule has 6 heteroatoms. The Kier molecular flexibility index (Phi) is 4.27. The van der Waals surface area contributed by atoms with Crippen LogP contribution in [0.4, 0.5) is 5.82 Å². The van der Waals surface area contributed by atoms with Crippen molar-refractivity contribution >= 4 is 35.1 Å². The van der Waals surface area contributed by atoms with Crippen LogP contribution in [0.15, 0.2) is 47.5 Å². The number of hydrogen-bond acceptors (Lipinski definition) is 4. The molecule has 0 atom stereocenters. The van der Waals surface area contributed by atoms with Crippen LogP contribution in [-0.2, 0) is 0 Å². The summed E-state index contributed by atoms with van der Waals surface area (Å²) in [5.41, 5.74) is 5.53. The highest BCUT2D eigenvalue weighted by Crippen LogP contribution is 2.51. The molecular weight excluding hydrogens is 318 g/mol. The second kappa shape index (κ2) is 6.18. The van der Waals surface area contributed by atoms with E-state index in [1.165, 1.54) is 11.1 Å². The zero-order valence-corrected chi connectivity index (χ0v) is 13.5. The molecule has 1 aliphatic carbocycles. The molecule has 1 heterocycles. The Morgan fingerprint density at radius 3 is 2.68 bits per heavy atom. The van der Waals surface area contributed by atoms with Gasteiger partial charge in [0.25, 0.3) is 0 Å². The van der Waals surface area contributed by atoms with Crippen LogP contribution in [0.3, 0.4) is 0 Å². The fourth-order valence-electron chi connectivity index (χ4n) is 2.14. The second-order valence-corrected chi connectivity index (χ2v) is 7.32. The summed E-state index contributed by atoms with van der Waals surface area (Å²) in [6.07, 6.45) is 3.77. The molecule has 1 fully saturated rings. The number of amides is 1. The lowest BCUT2D eigenvalue weighted by atomic mass is 10.2. The summed E-state index contributed by atoms with van der Waals surface area (Å²) in [5, 5.41) is 3.70. The molecule has 0 unspecified atom stereocenters. The molecule has 1 amide bonds. The molecule has 22 heavy (non-hydrogen) atoms. The number of carbonyl (C=O) groups is 1. The number of anilines is 1. The third kappa shape index (κ3) is 3.54. The molecular formula is C16H16ClN3OS. The van der Waals surface area contributed by atoms with Gasteiger partial charge in [0.05, 0.1) is 10.6 Å². The smallest absolute Gasteiger partial charge is 0.250 e. The van der Waals surface area contributed by atoms with E-state index in [-0.39, 0.29) is 4.75 Å². The number of nitrogens with zero attached hydrogens (tertiary/aromatic N) is 1. The highest BCUT2D eigenvalue weighted by atomic mass is 35.5. The molecule has 1 saturated carbocycles. The van der Waals surface area contributed by atoms with Crippen LogP contribution >= 0.6 is 23.4 Å². The fourth-order valence-corrected chi connectivity index (χ4v) is 3.62. The highest BCUT2D eigenvalue weighted by molar-refractivity contribution is 8.01. The first kappa shape index (κ1) is 15.2. The Morgan fingerprint density at radius 2 is 2.09 bits per heavy atom. The summed E-state index contributed by atoms with van der Waals surface area (Å²) in [6.45, 7) is 0.787. The van der Waals surface area contributed by atoms with Gasteiger partial charge in [-0.2, -0.15) is 0 Å². The van der Waals surface area contributed by atoms with Gasteiger partial charge in [-0.15, -0.1) is 11.8 Å². The lowest BCUT2D eigenvalue weighted by molar-refractivity contribution is 0.1000. The molecule has 0 aliphatic heterocycles. The van der Waals surface area contributed by atoms with Crippen molar-refractivity contribution in [1.82, 2.24) is 4.98 Å². The lowest BCUT2D eigenvalue weighted by Crippen LogP contribution is -2.19. The number of nitrogens with one attached hydrogen (secondary N) is 1. The Hall–Kier alpha value is -1.72. The summed E-state index contributed by atoms with van der Waals surface area (Å²) in [6, 6.07) is 11.9. The summed E-state index contributed by atoms with van der Waals surface area (Å²) in [5.74, 6) is 0.0610. The maximum absolute atomic E-state index is 11.1. The van der Waals surface area contributed by atoms with Crippen LogP contribution in [0.1, 0.15) is 23.2 Å². The first-order valence-electron chi connectivity index (χ1n) is 7.01. The topological polar surface area (TPSA) is 68.0 Å². The standard InChI is InChI=1S/C16H16ClN3OS/c17-13-8-11(14(18)21)9-19-15(13)20-10-16(6-7-16)22-12-4-2-1-3-5-12/h1-5,8-9H,6-7,10H2,(H2,18,21)(H,19,20). The van der Waals surface area contributed by atoms with Crippen molar-refractivity contribution in [1.29, 1.82) is 0 Å². The van der Waals surface area contributed by atoms with Gasteiger partial charge in [0.2, 0.25) is 5.91 Å². The van der Waals surface area contributed by atoms with E-state index in [9.17, 15) is 4.79 Å².